The van der Waals surface area contributed by atoms with E-state index in [1.54, 1.807) is 6.08 Å². The first-order chi connectivity index (χ1) is 8.06. The Bertz CT molecular complexity index is 492. The van der Waals surface area contributed by atoms with E-state index in [1.165, 1.54) is 6.20 Å². The first-order valence-corrected chi connectivity index (χ1v) is 5.95. The van der Waals surface area contributed by atoms with Gasteiger partial charge >= 0.3 is 0 Å². The highest BCUT2D eigenvalue weighted by atomic mass is 79.9. The van der Waals surface area contributed by atoms with Crippen LogP contribution < -0.4 is 17.2 Å². The monoisotopic (exact) mass is 296 g/mol. The molecule has 7 heteroatoms. The van der Waals surface area contributed by atoms with Gasteiger partial charge in [-0.05, 0) is 40.8 Å². The Morgan fingerprint density at radius 3 is 2.82 bits per heavy atom. The van der Waals surface area contributed by atoms with Gasteiger partial charge in [0.2, 0.25) is 5.95 Å². The number of anilines is 1. The first kappa shape index (κ1) is 11.8. The molecule has 6 nitrogen and oxygen atoms in total. The lowest BCUT2D eigenvalue weighted by Gasteiger charge is -2.00. The predicted molar refractivity (Wildman–Crippen MR) is 70.4 cm³/mol. The quantitative estimate of drug-likeness (QED) is 0.570. The number of halogens is 1. The van der Waals surface area contributed by atoms with Crippen LogP contribution in [0.25, 0.3) is 0 Å². The molecule has 1 heterocycles. The highest BCUT2D eigenvalue weighted by Gasteiger charge is 2.23. The maximum absolute atomic E-state index is 5.83. The number of nitrogens with zero attached hydrogens (tertiary/aromatic N) is 3. The van der Waals surface area contributed by atoms with Crippen molar-refractivity contribution in [2.75, 3.05) is 5.73 Å². The summed E-state index contributed by atoms with van der Waals surface area (Å²) in [4.78, 5) is 11.9. The van der Waals surface area contributed by atoms with Gasteiger partial charge in [-0.25, -0.2) is 9.98 Å². The molecule has 0 bridgehead atoms. The van der Waals surface area contributed by atoms with Gasteiger partial charge in [0.1, 0.15) is 5.84 Å². The second-order valence-corrected chi connectivity index (χ2v) is 4.71. The normalized spacial score (nSPS) is 17.2. The van der Waals surface area contributed by atoms with Gasteiger partial charge in [0.15, 0.2) is 5.82 Å². The van der Waals surface area contributed by atoms with Crippen molar-refractivity contribution in [1.82, 2.24) is 9.97 Å². The van der Waals surface area contributed by atoms with E-state index in [0.29, 0.717) is 22.0 Å². The van der Waals surface area contributed by atoms with Gasteiger partial charge < -0.3 is 17.2 Å². The van der Waals surface area contributed by atoms with Gasteiger partial charge in [-0.1, -0.05) is 0 Å². The second kappa shape index (κ2) is 4.70. The Morgan fingerprint density at radius 2 is 2.18 bits per heavy atom. The number of amidine groups is 1. The largest absolute Gasteiger partial charge is 0.402 e. The number of allylic oxidation sites excluding steroid dienone is 1. The van der Waals surface area contributed by atoms with Crippen LogP contribution in [0.2, 0.25) is 0 Å². The van der Waals surface area contributed by atoms with Crippen LogP contribution in [0.4, 0.5) is 11.8 Å². The second-order valence-electron chi connectivity index (χ2n) is 3.86. The van der Waals surface area contributed by atoms with Crippen LogP contribution in [0.3, 0.4) is 0 Å². The lowest BCUT2D eigenvalue weighted by Crippen LogP contribution is -2.12. The summed E-state index contributed by atoms with van der Waals surface area (Å²) in [5, 5.41) is 0. The van der Waals surface area contributed by atoms with Gasteiger partial charge in [-0.2, -0.15) is 4.98 Å². The molecule has 0 radical (unpaired) electrons. The first-order valence-electron chi connectivity index (χ1n) is 5.15. The van der Waals surface area contributed by atoms with Crippen molar-refractivity contribution < 1.29 is 0 Å². The smallest absolute Gasteiger partial charge is 0.222 e. The Kier molecular flexibility index (Phi) is 3.28. The van der Waals surface area contributed by atoms with Crippen molar-refractivity contribution >= 4 is 33.5 Å². The van der Waals surface area contributed by atoms with Crippen molar-refractivity contribution in [3.05, 3.63) is 22.4 Å². The molecule has 1 aromatic heterocycles. The lowest BCUT2D eigenvalue weighted by atomic mass is 10.3. The summed E-state index contributed by atoms with van der Waals surface area (Å²) in [7, 11) is 0. The highest BCUT2D eigenvalue weighted by Crippen LogP contribution is 2.33. The van der Waals surface area contributed by atoms with Crippen molar-refractivity contribution in [3.63, 3.8) is 0 Å². The summed E-state index contributed by atoms with van der Waals surface area (Å²) >= 11 is 3.27. The van der Waals surface area contributed by atoms with Gasteiger partial charge in [-0.15, -0.1) is 0 Å². The molecule has 17 heavy (non-hydrogen) atoms. The van der Waals surface area contributed by atoms with Gasteiger partial charge in [-0.3, -0.25) is 0 Å². The van der Waals surface area contributed by atoms with Crippen molar-refractivity contribution in [2.24, 2.45) is 22.4 Å². The summed E-state index contributed by atoms with van der Waals surface area (Å²) in [6, 6.07) is 0. The zero-order valence-electron chi connectivity index (χ0n) is 9.10. The molecule has 0 atom stereocenters. The number of rotatable bonds is 3. The minimum absolute atomic E-state index is 0.152. The van der Waals surface area contributed by atoms with Gasteiger partial charge in [0.25, 0.3) is 0 Å². The third kappa shape index (κ3) is 3.16. The molecule has 0 amide bonds. The van der Waals surface area contributed by atoms with Crippen molar-refractivity contribution in [3.8, 4) is 0 Å². The van der Waals surface area contributed by atoms with E-state index in [9.17, 15) is 0 Å². The van der Waals surface area contributed by atoms with Crippen LogP contribution >= 0.6 is 15.9 Å². The maximum Gasteiger partial charge on any atom is 0.222 e. The zero-order valence-corrected chi connectivity index (χ0v) is 10.7. The zero-order chi connectivity index (χ0) is 12.4. The van der Waals surface area contributed by atoms with Crippen LogP contribution in [-0.2, 0) is 0 Å². The number of hydrogen-bond donors (Lipinski definition) is 3. The van der Waals surface area contributed by atoms with E-state index in [4.69, 9.17) is 17.2 Å². The average Bonchev–Trinajstić information content (AvgIpc) is 3.06. The van der Waals surface area contributed by atoms with Crippen molar-refractivity contribution in [2.45, 2.75) is 12.8 Å². The Hall–Kier alpha value is -1.63. The van der Waals surface area contributed by atoms with Crippen LogP contribution in [0.1, 0.15) is 12.8 Å². The number of aromatic nitrogens is 2. The average molecular weight is 297 g/mol. The molecule has 90 valence electrons. The third-order valence-electron chi connectivity index (χ3n) is 2.34. The lowest BCUT2D eigenvalue weighted by molar-refractivity contribution is 0.982. The molecule has 0 spiro atoms. The molecule has 2 rings (SSSR count). The molecule has 1 aromatic rings. The fourth-order valence-electron chi connectivity index (χ4n) is 1.31. The van der Waals surface area contributed by atoms with Crippen LogP contribution in [-0.4, -0.2) is 15.8 Å². The molecule has 0 unspecified atom stereocenters. The number of nitrogen functional groups attached to an aromatic ring is 1. The van der Waals surface area contributed by atoms with Crippen LogP contribution in [0.15, 0.2) is 27.4 Å². The van der Waals surface area contributed by atoms with Crippen LogP contribution in [0.5, 0.6) is 0 Å². The molecule has 0 aliphatic heterocycles. The van der Waals surface area contributed by atoms with E-state index < -0.39 is 0 Å². The molecule has 0 aromatic carbocycles. The highest BCUT2D eigenvalue weighted by molar-refractivity contribution is 9.10. The summed E-state index contributed by atoms with van der Waals surface area (Å²) < 4.78 is 0.632. The summed E-state index contributed by atoms with van der Waals surface area (Å²) in [6.07, 6.45) is 5.45. The molecule has 6 N–H and O–H groups in total. The van der Waals surface area contributed by atoms with Gasteiger partial charge in [0.05, 0.1) is 4.47 Å². The van der Waals surface area contributed by atoms with E-state index in [0.717, 1.165) is 18.5 Å². The Balaban J connectivity index is 2.22. The van der Waals surface area contributed by atoms with Gasteiger partial charge in [0, 0.05) is 11.9 Å². The number of nitrogens with two attached hydrogens (primary N) is 3. The summed E-state index contributed by atoms with van der Waals surface area (Å²) in [6.45, 7) is 0. The molecule has 1 fully saturated rings. The molecular weight excluding hydrogens is 284 g/mol. The molecular formula is C10H13BrN6. The SMILES string of the molecule is NC(/C=C(\N)C1CC1)=Nc1nc(N)ncc1Br. The fraction of sp³-hybridized carbons (Fsp3) is 0.300. The summed E-state index contributed by atoms with van der Waals surface area (Å²) in [5.41, 5.74) is 17.8. The predicted octanol–water partition coefficient (Wildman–Crippen LogP) is 1.06. The molecule has 1 aliphatic carbocycles. The summed E-state index contributed by atoms with van der Waals surface area (Å²) in [5.74, 6) is 1.32. The molecule has 1 aliphatic rings. The van der Waals surface area contributed by atoms with E-state index in [-0.39, 0.29) is 5.95 Å². The minimum Gasteiger partial charge on any atom is -0.402 e. The topological polar surface area (TPSA) is 116 Å². The van der Waals surface area contributed by atoms with E-state index >= 15 is 0 Å². The number of hydrogen-bond acceptors (Lipinski definition) is 5. The van der Waals surface area contributed by atoms with Crippen molar-refractivity contribution in [1.29, 1.82) is 0 Å². The Morgan fingerprint density at radius 1 is 1.47 bits per heavy atom. The molecule has 0 saturated heterocycles. The minimum atomic E-state index is 0.152. The maximum atomic E-state index is 5.83. The van der Waals surface area contributed by atoms with E-state index in [2.05, 4.69) is 30.9 Å². The Labute approximate surface area is 107 Å². The third-order valence-corrected chi connectivity index (χ3v) is 2.90. The fourth-order valence-corrected chi connectivity index (χ4v) is 1.59. The number of aliphatic imine (C=N–C) groups is 1. The standard InChI is InChI=1S/C10H13BrN6/c11-6-4-15-10(14)17-9(6)16-8(13)3-7(12)5-1-2-5/h3-5H,1-2,12H2,(H4,13,14,15,16,17)/b7-3-. The van der Waals surface area contributed by atoms with Crippen LogP contribution in [0, 0.1) is 5.92 Å². The van der Waals surface area contributed by atoms with E-state index in [1.807, 2.05) is 0 Å². The molecule has 1 saturated carbocycles.